The van der Waals surface area contributed by atoms with Gasteiger partial charge in [-0.05, 0) is 6.42 Å². The van der Waals surface area contributed by atoms with Crippen molar-refractivity contribution in [3.63, 3.8) is 0 Å². The lowest BCUT2D eigenvalue weighted by atomic mass is 10.3. The summed E-state index contributed by atoms with van der Waals surface area (Å²) in [6, 6.07) is 0. The van der Waals surface area contributed by atoms with Crippen molar-refractivity contribution in [3.05, 3.63) is 0 Å². The highest BCUT2D eigenvalue weighted by Gasteiger charge is 1.90. The summed E-state index contributed by atoms with van der Waals surface area (Å²) >= 11 is 0. The summed E-state index contributed by atoms with van der Waals surface area (Å²) in [6.45, 7) is 2.76. The van der Waals surface area contributed by atoms with E-state index in [0.717, 1.165) is 12.8 Å². The molecule has 16 heavy (non-hydrogen) atoms. The van der Waals surface area contributed by atoms with E-state index in [1.54, 1.807) is 0 Å². The van der Waals surface area contributed by atoms with Gasteiger partial charge in [0.1, 0.15) is 0 Å². The molecular weight excluding hydrogens is 254 g/mol. The number of rotatable bonds is 3. The highest BCUT2D eigenvalue weighted by molar-refractivity contribution is 6.22. The molecule has 0 aromatic carbocycles. The van der Waals surface area contributed by atoms with Gasteiger partial charge >= 0.3 is 9.17 Å². The maximum atomic E-state index is 8.74. The van der Waals surface area contributed by atoms with Gasteiger partial charge in [-0.15, -0.1) is 12.4 Å². The molecule has 0 bridgehead atoms. The van der Waals surface area contributed by atoms with Gasteiger partial charge in [-0.2, -0.15) is 0 Å². The Morgan fingerprint density at radius 2 is 1.94 bits per heavy atom. The molecule has 0 fully saturated rings. The largest absolute Gasteiger partial charge is 0.761 e. The van der Waals surface area contributed by atoms with Gasteiger partial charge in [0, 0.05) is 6.54 Å². The second-order valence-corrected chi connectivity index (χ2v) is 3.01. The van der Waals surface area contributed by atoms with E-state index in [-0.39, 0.29) is 24.3 Å². The van der Waals surface area contributed by atoms with Gasteiger partial charge in [0.15, 0.2) is 11.9 Å². The molecule has 0 rings (SSSR count). The van der Waals surface area contributed by atoms with Gasteiger partial charge in [-0.3, -0.25) is 20.2 Å². The fourth-order valence-corrected chi connectivity index (χ4v) is 0.535. The third-order valence-electron chi connectivity index (χ3n) is 1.06. The van der Waals surface area contributed by atoms with Crippen LogP contribution in [0.1, 0.15) is 19.8 Å². The zero-order chi connectivity index (χ0) is 12.3. The summed E-state index contributed by atoms with van der Waals surface area (Å²) in [5, 5.41) is 9.20. The molecule has 0 aromatic rings. The molecule has 0 saturated heterocycles. The number of nitrogens with zero attached hydrogens (tertiary/aromatic N) is 1. The first kappa shape index (κ1) is 20.1. The Morgan fingerprint density at radius 1 is 1.50 bits per heavy atom. The van der Waals surface area contributed by atoms with Gasteiger partial charge < -0.3 is 21.1 Å². The zero-order valence-electron chi connectivity index (χ0n) is 8.93. The molecule has 0 aromatic heterocycles. The summed E-state index contributed by atoms with van der Waals surface area (Å²) in [7, 11) is -3.13. The van der Waals surface area contributed by atoms with E-state index in [4.69, 9.17) is 30.9 Å². The molecule has 96 valence electrons. The molecule has 0 aliphatic rings. The minimum Gasteiger partial charge on any atom is -0.511 e. The third-order valence-corrected chi connectivity index (χ3v) is 1.06. The second-order valence-electron chi connectivity index (χ2n) is 2.44. The van der Waals surface area contributed by atoms with Crippen LogP contribution in [0.5, 0.6) is 0 Å². The Bertz CT molecular complexity index is 234. The molecule has 0 amide bonds. The molecule has 0 spiro atoms. The molecule has 8 nitrogen and oxygen atoms in total. The lowest BCUT2D eigenvalue weighted by Gasteiger charge is -2.00. The van der Waals surface area contributed by atoms with E-state index < -0.39 is 9.17 Å². The van der Waals surface area contributed by atoms with Crippen LogP contribution in [-0.4, -0.2) is 37.2 Å². The predicted molar refractivity (Wildman–Crippen MR) is 64.6 cm³/mol. The van der Waals surface area contributed by atoms with E-state index in [9.17, 15) is 0 Å². The topological polar surface area (TPSA) is 158 Å². The van der Waals surface area contributed by atoms with E-state index >= 15 is 0 Å². The number of aliphatic imine (C=N–C) groups is 1. The molecule has 0 saturated carbocycles. The van der Waals surface area contributed by atoms with Crippen molar-refractivity contribution in [3.8, 4) is 0 Å². The molecule has 0 aliphatic heterocycles. The number of hydrogen-bond acceptors (Lipinski definition) is 3. The normalized spacial score (nSPS) is 9.19. The van der Waals surface area contributed by atoms with E-state index in [2.05, 4.69) is 17.2 Å². The van der Waals surface area contributed by atoms with Gasteiger partial charge in [0.2, 0.25) is 0 Å². The second kappa shape index (κ2) is 13.6. The Labute approximate surface area is 102 Å². The summed E-state index contributed by atoms with van der Waals surface area (Å²) in [5.74, 6) is 0.0358. The first-order valence-corrected chi connectivity index (χ1v) is 5.53. The average molecular weight is 272 g/mol. The SMILES string of the molecule is CCCCN=C(N)NC(=N)N.Cl.O=[Si](O)O. The maximum Gasteiger partial charge on any atom is 0.761 e. The van der Waals surface area contributed by atoms with Crippen LogP contribution in [0.25, 0.3) is 0 Å². The van der Waals surface area contributed by atoms with Crippen LogP contribution in [0, 0.1) is 5.41 Å². The van der Waals surface area contributed by atoms with Crippen molar-refractivity contribution in [1.82, 2.24) is 5.32 Å². The fourth-order valence-electron chi connectivity index (χ4n) is 0.535. The van der Waals surface area contributed by atoms with Crippen LogP contribution in [0.2, 0.25) is 0 Å². The molecule has 10 heteroatoms. The van der Waals surface area contributed by atoms with Crippen molar-refractivity contribution in [2.75, 3.05) is 6.54 Å². The number of halogens is 1. The number of unbranched alkanes of at least 4 members (excludes halogenated alkanes) is 1. The van der Waals surface area contributed by atoms with Gasteiger partial charge in [0.25, 0.3) is 0 Å². The van der Waals surface area contributed by atoms with Crippen molar-refractivity contribution in [1.29, 1.82) is 5.41 Å². The van der Waals surface area contributed by atoms with Crippen LogP contribution in [0.15, 0.2) is 4.99 Å². The first-order chi connectivity index (χ1) is 6.90. The minimum absolute atomic E-state index is 0. The quantitative estimate of drug-likeness (QED) is 0.157. The number of guanidine groups is 2. The lowest BCUT2D eigenvalue weighted by Crippen LogP contribution is -2.40. The van der Waals surface area contributed by atoms with E-state index in [1.165, 1.54) is 0 Å². The van der Waals surface area contributed by atoms with E-state index in [1.807, 2.05) is 0 Å². The monoisotopic (exact) mass is 271 g/mol. The highest BCUT2D eigenvalue weighted by atomic mass is 35.5. The zero-order valence-corrected chi connectivity index (χ0v) is 10.8. The molecule has 0 heterocycles. The standard InChI is InChI=1S/C6H15N5.ClH.H2O3Si/c1-2-3-4-10-6(9)11-5(7)8;;1-4(2)3/h2-4H2,1H3,(H6,7,8,9,10,11);1H;1-2H. The van der Waals surface area contributed by atoms with Crippen molar-refractivity contribution < 1.29 is 14.1 Å². The fraction of sp³-hybridized carbons (Fsp3) is 0.667. The minimum atomic E-state index is -3.13. The molecular formula is C6H18ClN5O3Si. The van der Waals surface area contributed by atoms with Crippen LogP contribution >= 0.6 is 12.4 Å². The molecule has 8 N–H and O–H groups in total. The average Bonchev–Trinajstić information content (AvgIpc) is 2.02. The lowest BCUT2D eigenvalue weighted by molar-refractivity contribution is 0.330. The molecule has 0 aliphatic carbocycles. The van der Waals surface area contributed by atoms with Crippen molar-refractivity contribution in [2.45, 2.75) is 19.8 Å². The summed E-state index contributed by atoms with van der Waals surface area (Å²) in [5.41, 5.74) is 10.3. The summed E-state index contributed by atoms with van der Waals surface area (Å²) < 4.78 is 8.74. The van der Waals surface area contributed by atoms with Crippen LogP contribution in [0.4, 0.5) is 0 Å². The highest BCUT2D eigenvalue weighted by Crippen LogP contribution is 1.85. The van der Waals surface area contributed by atoms with Gasteiger partial charge in [0.05, 0.1) is 0 Å². The Morgan fingerprint density at radius 3 is 2.25 bits per heavy atom. The Hall–Kier alpha value is -1.35. The number of nitrogens with one attached hydrogen (secondary N) is 2. The predicted octanol–water partition coefficient (Wildman–Crippen LogP) is -1.61. The van der Waals surface area contributed by atoms with E-state index in [0.29, 0.717) is 6.54 Å². The number of nitrogens with two attached hydrogens (primary N) is 2. The third kappa shape index (κ3) is 29.3. The smallest absolute Gasteiger partial charge is 0.511 e. The summed E-state index contributed by atoms with van der Waals surface area (Å²) in [4.78, 5) is 18.2. The Balaban J connectivity index is -0.000000292. The Kier molecular flexibility index (Phi) is 17.2. The maximum absolute atomic E-state index is 8.74. The summed E-state index contributed by atoms with van der Waals surface area (Å²) in [6.07, 6.45) is 2.08. The van der Waals surface area contributed by atoms with Crippen molar-refractivity contribution in [2.24, 2.45) is 16.5 Å². The molecule has 0 unspecified atom stereocenters. The van der Waals surface area contributed by atoms with Crippen LogP contribution < -0.4 is 16.8 Å². The van der Waals surface area contributed by atoms with Gasteiger partial charge in [-0.1, -0.05) is 13.3 Å². The van der Waals surface area contributed by atoms with Crippen LogP contribution in [0.3, 0.4) is 0 Å². The molecule has 0 atom stereocenters. The molecule has 0 radical (unpaired) electrons. The van der Waals surface area contributed by atoms with Gasteiger partial charge in [-0.25, -0.2) is 0 Å². The number of hydrogen-bond donors (Lipinski definition) is 6. The first-order valence-electron chi connectivity index (χ1n) is 4.23. The van der Waals surface area contributed by atoms with Crippen LogP contribution in [-0.2, 0) is 4.46 Å². The van der Waals surface area contributed by atoms with Crippen molar-refractivity contribution >= 4 is 33.5 Å².